The molecule has 1 fully saturated rings. The van der Waals surface area contributed by atoms with Crippen molar-refractivity contribution in [1.29, 1.82) is 0 Å². The molecule has 32 heavy (non-hydrogen) atoms. The molecule has 2 aliphatic rings. The summed E-state index contributed by atoms with van der Waals surface area (Å²) in [5.41, 5.74) is 7.69. The van der Waals surface area contributed by atoms with Crippen LogP contribution in [0.1, 0.15) is 50.4 Å². The van der Waals surface area contributed by atoms with Gasteiger partial charge in [0.15, 0.2) is 0 Å². The molecular weight excluding hydrogens is 448 g/mol. The summed E-state index contributed by atoms with van der Waals surface area (Å²) in [4.78, 5) is 42.6. The predicted octanol–water partition coefficient (Wildman–Crippen LogP) is 3.17. The number of hydrogen-bond donors (Lipinski definition) is 2. The maximum atomic E-state index is 12.8. The first-order chi connectivity index (χ1) is 15.4. The Kier molecular flexibility index (Phi) is 7.13. The number of nitrogens with one attached hydrogen (secondary N) is 1. The van der Waals surface area contributed by atoms with Crippen molar-refractivity contribution in [2.45, 2.75) is 32.1 Å². The van der Waals surface area contributed by atoms with Crippen LogP contribution in [0.2, 0.25) is 5.02 Å². The number of rotatable bonds is 5. The summed E-state index contributed by atoms with van der Waals surface area (Å²) in [5.74, 6) is -0.695. The Morgan fingerprint density at radius 3 is 2.66 bits per heavy atom. The van der Waals surface area contributed by atoms with Crippen LogP contribution in [-0.2, 0) is 17.6 Å². The van der Waals surface area contributed by atoms with Gasteiger partial charge in [-0.25, -0.2) is 0 Å². The fourth-order valence-electron chi connectivity index (χ4n) is 4.42. The number of anilines is 1. The van der Waals surface area contributed by atoms with Gasteiger partial charge in [-0.1, -0.05) is 17.7 Å². The van der Waals surface area contributed by atoms with E-state index >= 15 is 0 Å². The third kappa shape index (κ3) is 5.14. The van der Waals surface area contributed by atoms with E-state index in [4.69, 9.17) is 17.3 Å². The second-order valence-corrected chi connectivity index (χ2v) is 9.80. The van der Waals surface area contributed by atoms with E-state index in [9.17, 15) is 14.4 Å². The topological polar surface area (TPSA) is 95.7 Å². The van der Waals surface area contributed by atoms with Crippen molar-refractivity contribution < 1.29 is 14.4 Å². The SMILES string of the molecule is NC(=O)c1c(NC(=O)CN2CCCN(C(=O)c3cccc(Cl)c3)CC2)sc2c1CCCC2. The van der Waals surface area contributed by atoms with Gasteiger partial charge in [-0.2, -0.15) is 0 Å². The van der Waals surface area contributed by atoms with E-state index in [0.29, 0.717) is 40.8 Å². The molecule has 1 aliphatic heterocycles. The fourth-order valence-corrected chi connectivity index (χ4v) is 5.92. The fraction of sp³-hybridized carbons (Fsp3) is 0.435. The van der Waals surface area contributed by atoms with Crippen molar-refractivity contribution in [3.63, 3.8) is 0 Å². The van der Waals surface area contributed by atoms with Gasteiger partial charge >= 0.3 is 0 Å². The molecule has 0 atom stereocenters. The van der Waals surface area contributed by atoms with Gasteiger partial charge in [0.05, 0.1) is 12.1 Å². The zero-order valence-electron chi connectivity index (χ0n) is 17.9. The number of carbonyl (C=O) groups excluding carboxylic acids is 3. The smallest absolute Gasteiger partial charge is 0.253 e. The molecule has 2 aromatic rings. The minimum absolute atomic E-state index is 0.0472. The van der Waals surface area contributed by atoms with Gasteiger partial charge in [0.25, 0.3) is 11.8 Å². The van der Waals surface area contributed by atoms with Crippen LogP contribution >= 0.6 is 22.9 Å². The molecule has 4 rings (SSSR count). The highest BCUT2D eigenvalue weighted by atomic mass is 35.5. The molecule has 3 amide bonds. The Bertz CT molecular complexity index is 1040. The van der Waals surface area contributed by atoms with Gasteiger partial charge in [-0.3, -0.25) is 19.3 Å². The Labute approximate surface area is 196 Å². The first-order valence-corrected chi connectivity index (χ1v) is 12.1. The largest absolute Gasteiger partial charge is 0.365 e. The van der Waals surface area contributed by atoms with E-state index in [1.54, 1.807) is 24.3 Å². The highest BCUT2D eigenvalue weighted by Crippen LogP contribution is 2.37. The molecule has 3 N–H and O–H groups in total. The summed E-state index contributed by atoms with van der Waals surface area (Å²) in [6, 6.07) is 6.96. The van der Waals surface area contributed by atoms with Crippen LogP contribution < -0.4 is 11.1 Å². The zero-order valence-corrected chi connectivity index (χ0v) is 19.4. The summed E-state index contributed by atoms with van der Waals surface area (Å²) < 4.78 is 0. The van der Waals surface area contributed by atoms with Crippen LogP contribution in [0.15, 0.2) is 24.3 Å². The highest BCUT2D eigenvalue weighted by molar-refractivity contribution is 7.17. The Morgan fingerprint density at radius 2 is 1.88 bits per heavy atom. The molecule has 0 unspecified atom stereocenters. The second-order valence-electron chi connectivity index (χ2n) is 8.26. The normalized spacial score (nSPS) is 16.8. The van der Waals surface area contributed by atoms with Crippen LogP contribution in [0.5, 0.6) is 0 Å². The summed E-state index contributed by atoms with van der Waals surface area (Å²) >= 11 is 7.49. The number of nitrogens with two attached hydrogens (primary N) is 1. The molecule has 7 nitrogen and oxygen atoms in total. The summed E-state index contributed by atoms with van der Waals surface area (Å²) in [5, 5.41) is 4.03. The number of nitrogens with zero attached hydrogens (tertiary/aromatic N) is 2. The van der Waals surface area contributed by atoms with Crippen LogP contribution in [0, 0.1) is 0 Å². The summed E-state index contributed by atoms with van der Waals surface area (Å²) in [7, 11) is 0. The molecule has 0 bridgehead atoms. The zero-order chi connectivity index (χ0) is 22.7. The van der Waals surface area contributed by atoms with Gasteiger partial charge in [0.2, 0.25) is 5.91 Å². The molecule has 1 aromatic carbocycles. The Morgan fingerprint density at radius 1 is 1.06 bits per heavy atom. The van der Waals surface area contributed by atoms with Crippen molar-refractivity contribution in [3.05, 3.63) is 50.9 Å². The lowest BCUT2D eigenvalue weighted by Gasteiger charge is -2.22. The maximum absolute atomic E-state index is 12.8. The molecule has 0 saturated carbocycles. The van der Waals surface area contributed by atoms with E-state index in [2.05, 4.69) is 5.32 Å². The lowest BCUT2D eigenvalue weighted by molar-refractivity contribution is -0.117. The Hall–Kier alpha value is -2.42. The number of carbonyl (C=O) groups is 3. The number of fused-ring (bicyclic) bond motifs is 1. The number of hydrogen-bond acceptors (Lipinski definition) is 5. The van der Waals surface area contributed by atoms with Crippen LogP contribution in [0.3, 0.4) is 0 Å². The van der Waals surface area contributed by atoms with E-state index in [1.165, 1.54) is 11.3 Å². The molecular formula is C23H27ClN4O3S. The van der Waals surface area contributed by atoms with Crippen LogP contribution in [0.4, 0.5) is 5.00 Å². The van der Waals surface area contributed by atoms with Crippen molar-refractivity contribution in [2.75, 3.05) is 38.0 Å². The number of amides is 3. The van der Waals surface area contributed by atoms with Crippen molar-refractivity contribution in [3.8, 4) is 0 Å². The molecule has 0 radical (unpaired) electrons. The minimum atomic E-state index is -0.482. The number of halogens is 1. The lowest BCUT2D eigenvalue weighted by Crippen LogP contribution is -2.38. The van der Waals surface area contributed by atoms with Gasteiger partial charge < -0.3 is 16.0 Å². The number of thiophene rings is 1. The quantitative estimate of drug-likeness (QED) is 0.695. The summed E-state index contributed by atoms with van der Waals surface area (Å²) in [6.07, 6.45) is 4.67. The molecule has 1 aliphatic carbocycles. The first-order valence-electron chi connectivity index (χ1n) is 10.9. The average Bonchev–Trinajstić information content (AvgIpc) is 2.96. The van der Waals surface area contributed by atoms with Gasteiger partial charge in [0.1, 0.15) is 5.00 Å². The van der Waals surface area contributed by atoms with Crippen LogP contribution in [0.25, 0.3) is 0 Å². The van der Waals surface area contributed by atoms with Gasteiger partial charge in [-0.05, 0) is 55.9 Å². The predicted molar refractivity (Wildman–Crippen MR) is 127 cm³/mol. The molecule has 170 valence electrons. The van der Waals surface area contributed by atoms with Gasteiger partial charge in [-0.15, -0.1) is 11.3 Å². The number of primary amides is 1. The van der Waals surface area contributed by atoms with E-state index in [-0.39, 0.29) is 18.4 Å². The standard InChI is InChI=1S/C23H27ClN4O3S/c24-16-6-3-5-15(13-16)23(31)28-10-4-9-27(11-12-28)14-19(29)26-22-20(21(25)30)17-7-1-2-8-18(17)32-22/h3,5-6,13H,1-2,4,7-12,14H2,(H2,25,30)(H,26,29). The minimum Gasteiger partial charge on any atom is -0.365 e. The third-order valence-electron chi connectivity index (χ3n) is 5.99. The molecule has 1 saturated heterocycles. The van der Waals surface area contributed by atoms with Crippen molar-refractivity contribution in [1.82, 2.24) is 9.80 Å². The van der Waals surface area contributed by atoms with E-state index in [0.717, 1.165) is 49.1 Å². The summed E-state index contributed by atoms with van der Waals surface area (Å²) in [6.45, 7) is 2.70. The molecule has 1 aromatic heterocycles. The highest BCUT2D eigenvalue weighted by Gasteiger charge is 2.26. The monoisotopic (exact) mass is 474 g/mol. The van der Waals surface area contributed by atoms with Crippen molar-refractivity contribution >= 4 is 45.7 Å². The average molecular weight is 475 g/mol. The van der Waals surface area contributed by atoms with E-state index in [1.807, 2.05) is 9.80 Å². The lowest BCUT2D eigenvalue weighted by atomic mass is 9.95. The second kappa shape index (κ2) is 10.0. The van der Waals surface area contributed by atoms with Crippen LogP contribution in [-0.4, -0.2) is 60.2 Å². The van der Waals surface area contributed by atoms with Crippen molar-refractivity contribution in [2.24, 2.45) is 5.73 Å². The molecule has 9 heteroatoms. The van der Waals surface area contributed by atoms with E-state index < -0.39 is 5.91 Å². The maximum Gasteiger partial charge on any atom is 0.253 e. The third-order valence-corrected chi connectivity index (χ3v) is 7.43. The Balaban J connectivity index is 1.36. The number of aryl methyl sites for hydroxylation is 1. The number of benzene rings is 1. The van der Waals surface area contributed by atoms with Gasteiger partial charge in [0, 0.05) is 41.6 Å². The first kappa shape index (κ1) is 22.8. The molecule has 0 spiro atoms. The molecule has 2 heterocycles.